The van der Waals surface area contributed by atoms with Gasteiger partial charge in [0.15, 0.2) is 29.3 Å². The summed E-state index contributed by atoms with van der Waals surface area (Å²) in [5.41, 5.74) is 4.47. The predicted molar refractivity (Wildman–Crippen MR) is 375 cm³/mol. The Balaban J connectivity index is 0.000000567. The molecule has 5 saturated carbocycles. The lowest BCUT2D eigenvalue weighted by Crippen LogP contribution is -2.57. The lowest BCUT2D eigenvalue weighted by atomic mass is 9.88. The van der Waals surface area contributed by atoms with Crippen LogP contribution in [0, 0.1) is 29.6 Å². The highest BCUT2D eigenvalue weighted by Gasteiger charge is 2.39. The number of hydrogen-bond donors (Lipinski definition) is 11. The van der Waals surface area contributed by atoms with Crippen LogP contribution in [0.1, 0.15) is 171 Å². The minimum atomic E-state index is -1.97. The molecule has 6 rings (SSSR count). The van der Waals surface area contributed by atoms with Gasteiger partial charge in [0.1, 0.15) is 6.17 Å². The van der Waals surface area contributed by atoms with Crippen molar-refractivity contribution in [2.75, 3.05) is 5.32 Å². The summed E-state index contributed by atoms with van der Waals surface area (Å²) in [5, 5.41) is 52.4. The summed E-state index contributed by atoms with van der Waals surface area (Å²) in [6.07, 6.45) is 20.2. The maximum atomic E-state index is 12.5. The van der Waals surface area contributed by atoms with E-state index in [1.54, 1.807) is 18.2 Å². The number of para-hydroxylation sites is 1. The standard InChI is InChI=1S/C17H20Cl3N3O3S.C10H13Cl3N2OS.C9H13Cl4NO.C9H14Cl3NO2.C7H13NO.C2H3Cl3O2/c18-17(19,20)15(22-13(24)10-6-2-1-3-7-10)23-16(27)21-12-9-5-4-8-11(12)14(25)26;11-10(12,13)9(14-6-17)15-8(16)7-4-2-1-3-5-7;10-8(9(11,12)13)14-7(15)6-4-2-1-3-5-6;10-9(11,12)8(15)13-7(14)6-4-2-1-3-5-6;8-7(9)6-4-2-1-3-5-6;3-2(4,5)1(6)7/h4-5,8-10,15H,1-3,6-7H2,(H,22,24)(H,25,26)(H2,21,23,27);7,9H,1-5H2,(H,15,16);6,8H,1-5H2,(H,14,15);6,8,15H,1-5H2,(H,13,14);6H,1-5H2,(H2,8,9);1,6-7H. The molecule has 90 heavy (non-hydrogen) atoms. The van der Waals surface area contributed by atoms with Crippen LogP contribution in [0.3, 0.4) is 0 Å². The van der Waals surface area contributed by atoms with Gasteiger partial charge in [-0.3, -0.25) is 24.0 Å². The molecular formula is C54H76Cl16N8O10S2. The number of aliphatic hydroxyl groups is 3. The molecule has 18 nitrogen and oxygen atoms in total. The average Bonchev–Trinajstić information content (AvgIpc) is 3.56. The molecule has 1 aromatic carbocycles. The Morgan fingerprint density at radius 1 is 0.489 bits per heavy atom. The van der Waals surface area contributed by atoms with Gasteiger partial charge in [-0.05, 0) is 101 Å². The Labute approximate surface area is 616 Å². The van der Waals surface area contributed by atoms with Gasteiger partial charge in [-0.25, -0.2) is 9.79 Å². The Bertz CT molecular complexity index is 2360. The van der Waals surface area contributed by atoms with Crippen molar-refractivity contribution in [1.82, 2.24) is 26.6 Å². The molecule has 36 heteroatoms. The number of amides is 5. The average molecular weight is 1630 g/mol. The van der Waals surface area contributed by atoms with E-state index in [1.807, 2.05) is 0 Å². The topological polar surface area (TPSA) is 294 Å². The van der Waals surface area contributed by atoms with Crippen molar-refractivity contribution in [3.05, 3.63) is 29.8 Å². The van der Waals surface area contributed by atoms with E-state index in [4.69, 9.17) is 214 Å². The highest BCUT2D eigenvalue weighted by atomic mass is 35.6. The van der Waals surface area contributed by atoms with E-state index in [0.29, 0.717) is 0 Å². The number of halogens is 16. The van der Waals surface area contributed by atoms with Gasteiger partial charge >= 0.3 is 5.97 Å². The molecule has 0 heterocycles. The van der Waals surface area contributed by atoms with Crippen LogP contribution in [0.15, 0.2) is 29.3 Å². The van der Waals surface area contributed by atoms with Gasteiger partial charge in [-0.2, -0.15) is 0 Å². The van der Waals surface area contributed by atoms with Gasteiger partial charge in [0.2, 0.25) is 48.5 Å². The molecule has 0 saturated heterocycles. The minimum absolute atomic E-state index is 0.0149. The number of hydrogen-bond acceptors (Lipinski definition) is 12. The fraction of sp³-hybridized carbons (Fsp3) is 0.741. The summed E-state index contributed by atoms with van der Waals surface area (Å²) in [6, 6.07) is 6.25. The van der Waals surface area contributed by atoms with Crippen LogP contribution < -0.4 is 37.6 Å². The summed E-state index contributed by atoms with van der Waals surface area (Å²) >= 11 is 98.1. The molecule has 0 radical (unpaired) electrons. The quantitative estimate of drug-likeness (QED) is 0.0288. The Hall–Kier alpha value is 0.0500. The fourth-order valence-corrected chi connectivity index (χ4v) is 10.9. The number of carboxylic acid groups (broad SMARTS) is 1. The fourth-order valence-electron chi connectivity index (χ4n) is 9.53. The number of aliphatic imine (C=N–C) groups is 1. The monoisotopic (exact) mass is 1620 g/mol. The first-order chi connectivity index (χ1) is 41.7. The van der Waals surface area contributed by atoms with Gasteiger partial charge in [-0.15, -0.1) is 0 Å². The number of nitrogens with zero attached hydrogens (tertiary/aromatic N) is 1. The zero-order chi connectivity index (χ0) is 68.6. The molecule has 5 fully saturated rings. The predicted octanol–water partition coefficient (Wildman–Crippen LogP) is 15.3. The molecule has 516 valence electrons. The first-order valence-electron chi connectivity index (χ1n) is 28.7. The molecule has 5 aliphatic rings. The van der Waals surface area contributed by atoms with E-state index in [2.05, 4.69) is 54.3 Å². The number of carboxylic acids is 1. The molecule has 4 unspecified atom stereocenters. The number of benzene rings is 1. The van der Waals surface area contributed by atoms with Crippen LogP contribution in [0.25, 0.3) is 0 Å². The normalized spacial score (nSPS) is 18.7. The van der Waals surface area contributed by atoms with Crippen molar-refractivity contribution >= 4 is 262 Å². The molecule has 5 aliphatic carbocycles. The number of carbonyl (C=O) groups excluding carboxylic acids is 5. The maximum Gasteiger partial charge on any atom is 0.337 e. The molecule has 0 aliphatic heterocycles. The smallest absolute Gasteiger partial charge is 0.337 e. The summed E-state index contributed by atoms with van der Waals surface area (Å²) in [4.78, 5) is 73.2. The van der Waals surface area contributed by atoms with E-state index in [9.17, 15) is 39.0 Å². The lowest BCUT2D eigenvalue weighted by molar-refractivity contribution is -0.129. The van der Waals surface area contributed by atoms with E-state index in [-0.39, 0.29) is 75.5 Å². The van der Waals surface area contributed by atoms with Crippen molar-refractivity contribution in [2.24, 2.45) is 40.3 Å². The third-order valence-electron chi connectivity index (χ3n) is 14.4. The van der Waals surface area contributed by atoms with E-state index < -0.39 is 55.3 Å². The Morgan fingerprint density at radius 2 is 0.833 bits per heavy atom. The molecule has 0 spiro atoms. The summed E-state index contributed by atoms with van der Waals surface area (Å²) < 4.78 is -9.07. The van der Waals surface area contributed by atoms with Crippen molar-refractivity contribution in [3.63, 3.8) is 0 Å². The maximum absolute atomic E-state index is 12.5. The third-order valence-corrected chi connectivity index (χ3v) is 18.6. The van der Waals surface area contributed by atoms with Crippen molar-refractivity contribution < 1.29 is 49.2 Å². The van der Waals surface area contributed by atoms with E-state index in [0.717, 1.165) is 128 Å². The number of thiocarbonyl (C=S) groups is 2. The largest absolute Gasteiger partial charge is 0.478 e. The second-order valence-corrected chi connectivity index (χ2v) is 34.3. The van der Waals surface area contributed by atoms with Crippen LogP contribution in [-0.4, -0.2) is 116 Å². The highest BCUT2D eigenvalue weighted by molar-refractivity contribution is 7.80. The number of rotatable bonds is 13. The Kier molecular flexibility index (Phi) is 43.9. The third kappa shape index (κ3) is 38.3. The lowest BCUT2D eigenvalue weighted by Gasteiger charge is -2.30. The Morgan fingerprint density at radius 3 is 1.13 bits per heavy atom. The number of primary amides is 1. The summed E-state index contributed by atoms with van der Waals surface area (Å²) in [6.45, 7) is 0. The minimum Gasteiger partial charge on any atom is -0.478 e. The molecule has 1 aromatic rings. The first-order valence-corrected chi connectivity index (χ1v) is 35.6. The highest BCUT2D eigenvalue weighted by Crippen LogP contribution is 2.36. The van der Waals surface area contributed by atoms with E-state index >= 15 is 0 Å². The molecule has 5 amide bonds. The summed E-state index contributed by atoms with van der Waals surface area (Å²) in [5.74, 6) is -1.86. The van der Waals surface area contributed by atoms with E-state index in [1.165, 1.54) is 38.2 Å². The van der Waals surface area contributed by atoms with Gasteiger partial charge in [-0.1, -0.05) is 294 Å². The zero-order valence-electron chi connectivity index (χ0n) is 48.4. The molecule has 0 aromatic heterocycles. The number of aliphatic hydroxyl groups excluding tert-OH is 2. The van der Waals surface area contributed by atoms with Crippen molar-refractivity contribution in [2.45, 2.75) is 210 Å². The van der Waals surface area contributed by atoms with Crippen molar-refractivity contribution in [3.8, 4) is 0 Å². The number of aromatic carboxylic acids is 1. The zero-order valence-corrected chi connectivity index (χ0v) is 62.1. The number of alkyl halides is 16. The van der Waals surface area contributed by atoms with Gasteiger partial charge in [0.05, 0.1) is 16.4 Å². The van der Waals surface area contributed by atoms with Crippen LogP contribution in [0.5, 0.6) is 0 Å². The van der Waals surface area contributed by atoms with Crippen LogP contribution >= 0.6 is 210 Å². The number of nitrogens with two attached hydrogens (primary N) is 1. The summed E-state index contributed by atoms with van der Waals surface area (Å²) in [7, 11) is 0. The first kappa shape index (κ1) is 88.1. The van der Waals surface area contributed by atoms with Crippen LogP contribution in [0.2, 0.25) is 0 Å². The van der Waals surface area contributed by atoms with Gasteiger partial charge < -0.3 is 58.1 Å². The SMILES string of the molecule is NC(=O)C1CCCCC1.O=C(NC(Cl)C(Cl)(Cl)Cl)C1CCCCC1.O=C(NC(N=C=S)C(Cl)(Cl)Cl)C1CCCCC1.O=C(NC(O)C(Cl)(Cl)Cl)C1CCCCC1.O=C(O)c1ccccc1NC(=S)NC(NC(=O)C1CCCCC1)C(Cl)(Cl)Cl.OC(O)C(Cl)(Cl)Cl. The van der Waals surface area contributed by atoms with Gasteiger partial charge in [0, 0.05) is 29.6 Å². The van der Waals surface area contributed by atoms with Crippen LogP contribution in [0.4, 0.5) is 5.69 Å². The van der Waals surface area contributed by atoms with Crippen LogP contribution in [-0.2, 0) is 24.0 Å². The van der Waals surface area contributed by atoms with Crippen molar-refractivity contribution in [1.29, 1.82) is 0 Å². The van der Waals surface area contributed by atoms with Gasteiger partial charge in [0.25, 0.3) is 0 Å². The molecule has 0 bridgehead atoms. The molecule has 12 N–H and O–H groups in total. The number of carbonyl (C=O) groups is 6. The number of nitrogens with one attached hydrogen (secondary N) is 6. The number of isothiocyanates is 1. The molecular weight excluding hydrogens is 1550 g/mol. The molecule has 4 atom stereocenters. The second kappa shape index (κ2) is 44.9. The second-order valence-electron chi connectivity index (χ2n) is 21.5. The number of anilines is 1.